The van der Waals surface area contributed by atoms with Gasteiger partial charge >= 0.3 is 157 Å². The van der Waals surface area contributed by atoms with Gasteiger partial charge in [0, 0.05) is 0 Å². The summed E-state index contributed by atoms with van der Waals surface area (Å²) < 4.78 is 14.0. The van der Waals surface area contributed by atoms with Gasteiger partial charge in [-0.25, -0.2) is 0 Å². The molecule has 3 rings (SSSR count). The first-order chi connectivity index (χ1) is 12.4. The predicted octanol–water partition coefficient (Wildman–Crippen LogP) is 1.63. The standard InChI is InChI=1S/C19H18FN3O2Se/c1-12-5-7-13(8-6-12)9-17(24)22-19-23(11-16(26-19)18(21)25)15-4-2-3-14(20)10-15/h2-8,10-11,19H,9H2,1H3,(H2,21,25)(H,22,24). The first-order valence-electron chi connectivity index (χ1n) is 7.99. The number of anilines is 1. The minimum atomic E-state index is -0.526. The van der Waals surface area contributed by atoms with Crippen molar-refractivity contribution >= 4 is 32.5 Å². The maximum absolute atomic E-state index is 13.6. The van der Waals surface area contributed by atoms with Gasteiger partial charge < -0.3 is 0 Å². The SMILES string of the molecule is Cc1ccc(CC(=O)NC2[Se]C(C(N)=O)=CN2c2cccc(F)c2)cc1. The summed E-state index contributed by atoms with van der Waals surface area (Å²) in [5.74, 6) is -1.08. The number of amides is 2. The molecule has 1 aliphatic heterocycles. The van der Waals surface area contributed by atoms with Gasteiger partial charge in [0.2, 0.25) is 0 Å². The summed E-state index contributed by atoms with van der Waals surface area (Å²) in [6.45, 7) is 1.98. The van der Waals surface area contributed by atoms with Crippen LogP contribution in [0, 0.1) is 12.7 Å². The van der Waals surface area contributed by atoms with Crippen molar-refractivity contribution in [2.24, 2.45) is 5.73 Å². The Morgan fingerprint density at radius 1 is 1.23 bits per heavy atom. The predicted molar refractivity (Wildman–Crippen MR) is 98.7 cm³/mol. The number of nitrogens with two attached hydrogens (primary N) is 1. The van der Waals surface area contributed by atoms with E-state index in [1.807, 2.05) is 31.2 Å². The zero-order valence-electron chi connectivity index (χ0n) is 14.1. The van der Waals surface area contributed by atoms with Crippen molar-refractivity contribution < 1.29 is 14.0 Å². The van der Waals surface area contributed by atoms with E-state index in [1.165, 1.54) is 12.1 Å². The molecule has 0 saturated heterocycles. The van der Waals surface area contributed by atoms with Crippen LogP contribution in [0.25, 0.3) is 0 Å². The van der Waals surface area contributed by atoms with Crippen LogP contribution in [0.3, 0.4) is 0 Å². The third-order valence-corrected chi connectivity index (χ3v) is 6.23. The van der Waals surface area contributed by atoms with E-state index < -0.39 is 11.0 Å². The van der Waals surface area contributed by atoms with Crippen LogP contribution in [0.4, 0.5) is 10.1 Å². The molecule has 0 radical (unpaired) electrons. The summed E-state index contributed by atoms with van der Waals surface area (Å²) in [6.07, 6.45) is 1.82. The van der Waals surface area contributed by atoms with Gasteiger partial charge in [-0.3, -0.25) is 0 Å². The fraction of sp³-hybridized carbons (Fsp3) is 0.158. The number of aryl methyl sites for hydroxylation is 1. The quantitative estimate of drug-likeness (QED) is 0.725. The number of carbonyl (C=O) groups excluding carboxylic acids is 2. The van der Waals surface area contributed by atoms with Crippen LogP contribution in [-0.2, 0) is 16.0 Å². The maximum atomic E-state index is 13.6. The number of nitrogens with zero attached hydrogens (tertiary/aromatic N) is 1. The van der Waals surface area contributed by atoms with Crippen LogP contribution in [0.15, 0.2) is 59.2 Å². The minimum absolute atomic E-state index is 0.166. The molecule has 2 aromatic rings. The molecule has 0 spiro atoms. The van der Waals surface area contributed by atoms with Gasteiger partial charge in [0.25, 0.3) is 0 Å². The number of halogens is 1. The third-order valence-electron chi connectivity index (χ3n) is 3.87. The van der Waals surface area contributed by atoms with E-state index >= 15 is 0 Å². The van der Waals surface area contributed by atoms with Crippen molar-refractivity contribution in [3.8, 4) is 0 Å². The molecular weight excluding hydrogens is 400 g/mol. The molecule has 1 heterocycles. The van der Waals surface area contributed by atoms with E-state index in [4.69, 9.17) is 5.73 Å². The second kappa shape index (κ2) is 7.72. The number of hydrogen-bond acceptors (Lipinski definition) is 3. The van der Waals surface area contributed by atoms with Crippen molar-refractivity contribution in [1.29, 1.82) is 0 Å². The molecule has 1 aliphatic rings. The van der Waals surface area contributed by atoms with Crippen molar-refractivity contribution in [3.63, 3.8) is 0 Å². The van der Waals surface area contributed by atoms with E-state index in [2.05, 4.69) is 5.32 Å². The van der Waals surface area contributed by atoms with Gasteiger partial charge in [0.15, 0.2) is 0 Å². The van der Waals surface area contributed by atoms with Gasteiger partial charge in [-0.15, -0.1) is 0 Å². The van der Waals surface area contributed by atoms with Gasteiger partial charge in [-0.05, 0) is 0 Å². The van der Waals surface area contributed by atoms with Crippen LogP contribution in [0.1, 0.15) is 11.1 Å². The van der Waals surface area contributed by atoms with E-state index in [0.29, 0.717) is 10.2 Å². The summed E-state index contributed by atoms with van der Waals surface area (Å²) >= 11 is -0.374. The zero-order valence-corrected chi connectivity index (χ0v) is 15.8. The van der Waals surface area contributed by atoms with E-state index in [-0.39, 0.29) is 33.1 Å². The Bertz CT molecular complexity index is 867. The van der Waals surface area contributed by atoms with Gasteiger partial charge in [0.1, 0.15) is 0 Å². The summed E-state index contributed by atoms with van der Waals surface area (Å²) in [6, 6.07) is 13.7. The van der Waals surface area contributed by atoms with Crippen molar-refractivity contribution in [1.82, 2.24) is 5.32 Å². The van der Waals surface area contributed by atoms with Crippen LogP contribution >= 0.6 is 0 Å². The van der Waals surface area contributed by atoms with E-state index in [1.54, 1.807) is 23.2 Å². The molecule has 2 aromatic carbocycles. The Kier molecular flexibility index (Phi) is 5.40. The van der Waals surface area contributed by atoms with Gasteiger partial charge in [-0.1, -0.05) is 0 Å². The van der Waals surface area contributed by atoms with Crippen molar-refractivity contribution in [2.45, 2.75) is 18.4 Å². The fourth-order valence-corrected chi connectivity index (χ4v) is 4.68. The molecule has 0 aliphatic carbocycles. The summed E-state index contributed by atoms with van der Waals surface area (Å²) in [4.78, 5) is 25.7. The Hall–Kier alpha value is -2.63. The average molecular weight is 418 g/mol. The average Bonchev–Trinajstić information content (AvgIpc) is 3.01. The normalized spacial score (nSPS) is 16.3. The monoisotopic (exact) mass is 419 g/mol. The molecule has 5 nitrogen and oxygen atoms in total. The summed E-state index contributed by atoms with van der Waals surface area (Å²) in [7, 11) is 0. The third kappa shape index (κ3) is 4.31. The number of primary amides is 1. The Morgan fingerprint density at radius 2 is 1.96 bits per heavy atom. The Morgan fingerprint density at radius 3 is 2.62 bits per heavy atom. The van der Waals surface area contributed by atoms with E-state index in [0.717, 1.165) is 11.1 Å². The molecule has 0 saturated carbocycles. The van der Waals surface area contributed by atoms with Crippen molar-refractivity contribution in [3.05, 3.63) is 76.1 Å². The molecule has 3 N–H and O–H groups in total. The first-order valence-corrected chi connectivity index (χ1v) is 9.84. The summed E-state index contributed by atoms with van der Waals surface area (Å²) in [5, 5.41) is 2.50. The van der Waals surface area contributed by atoms with E-state index in [9.17, 15) is 14.0 Å². The molecule has 1 atom stereocenters. The molecule has 134 valence electrons. The molecule has 0 bridgehead atoms. The molecule has 2 amide bonds. The van der Waals surface area contributed by atoms with Crippen LogP contribution in [0.2, 0.25) is 0 Å². The Labute approximate surface area is 157 Å². The number of rotatable bonds is 5. The van der Waals surface area contributed by atoms with Crippen LogP contribution < -0.4 is 16.0 Å². The number of carbonyl (C=O) groups is 2. The number of benzene rings is 2. The molecule has 0 fully saturated rings. The number of nitrogens with one attached hydrogen (secondary N) is 1. The molecule has 7 heteroatoms. The second-order valence-corrected chi connectivity index (χ2v) is 8.30. The second-order valence-electron chi connectivity index (χ2n) is 5.94. The van der Waals surface area contributed by atoms with Gasteiger partial charge in [-0.2, -0.15) is 0 Å². The molecule has 26 heavy (non-hydrogen) atoms. The molecular formula is C19H18FN3O2Se. The van der Waals surface area contributed by atoms with Gasteiger partial charge in [0.05, 0.1) is 0 Å². The first kappa shape index (κ1) is 18.2. The van der Waals surface area contributed by atoms with Crippen molar-refractivity contribution in [2.75, 3.05) is 4.90 Å². The van der Waals surface area contributed by atoms with Crippen LogP contribution in [-0.4, -0.2) is 31.8 Å². The van der Waals surface area contributed by atoms with Crippen LogP contribution in [0.5, 0.6) is 0 Å². The molecule has 0 aromatic heterocycles. The fourth-order valence-electron chi connectivity index (χ4n) is 2.55. The topological polar surface area (TPSA) is 75.4 Å². The molecule has 1 unspecified atom stereocenters. The zero-order chi connectivity index (χ0) is 18.7. The Balaban J connectivity index is 1.75. The number of hydrogen-bond donors (Lipinski definition) is 2. The summed E-state index contributed by atoms with van der Waals surface area (Å²) in [5.41, 5.74) is 7.98.